The van der Waals surface area contributed by atoms with Crippen molar-refractivity contribution in [1.82, 2.24) is 29.2 Å². The van der Waals surface area contributed by atoms with E-state index in [0.717, 1.165) is 0 Å². The number of nitrogens with one attached hydrogen (secondary N) is 2. The molecule has 0 spiro atoms. The third-order valence-corrected chi connectivity index (χ3v) is 7.09. The van der Waals surface area contributed by atoms with Crippen molar-refractivity contribution in [3.05, 3.63) is 23.8 Å². The Morgan fingerprint density at radius 3 is 2.63 bits per heavy atom. The minimum atomic E-state index is -3.75. The largest absolute Gasteiger partial charge is 0.354 e. The van der Waals surface area contributed by atoms with Crippen LogP contribution in [0, 0.1) is 12.8 Å². The van der Waals surface area contributed by atoms with Gasteiger partial charge in [0.15, 0.2) is 5.69 Å². The number of anilines is 1. The number of aryl methyl sites for hydroxylation is 3. The molecule has 3 heterocycles. The molecular weight excluding hydrogens is 410 g/mol. The lowest BCUT2D eigenvalue weighted by Gasteiger charge is -2.31. The summed E-state index contributed by atoms with van der Waals surface area (Å²) >= 11 is 0. The summed E-state index contributed by atoms with van der Waals surface area (Å²) < 4.78 is 30.6. The van der Waals surface area contributed by atoms with E-state index in [1.807, 2.05) is 6.92 Å². The Morgan fingerprint density at radius 1 is 1.27 bits per heavy atom. The highest BCUT2D eigenvalue weighted by atomic mass is 32.2. The van der Waals surface area contributed by atoms with E-state index in [0.29, 0.717) is 37.3 Å². The van der Waals surface area contributed by atoms with Gasteiger partial charge in [-0.1, -0.05) is 0 Å². The minimum Gasteiger partial charge on any atom is -0.354 e. The van der Waals surface area contributed by atoms with Gasteiger partial charge in [-0.2, -0.15) is 14.5 Å². The monoisotopic (exact) mass is 437 g/mol. The van der Waals surface area contributed by atoms with E-state index in [1.165, 1.54) is 22.2 Å². The molecule has 0 aromatic carbocycles. The zero-order valence-corrected chi connectivity index (χ0v) is 18.4. The quantitative estimate of drug-likeness (QED) is 0.670. The fourth-order valence-corrected chi connectivity index (χ4v) is 5.22. The van der Waals surface area contributed by atoms with Crippen LogP contribution in [0.15, 0.2) is 17.3 Å². The van der Waals surface area contributed by atoms with E-state index in [-0.39, 0.29) is 23.0 Å². The van der Waals surface area contributed by atoms with Crippen molar-refractivity contribution in [3.63, 3.8) is 0 Å². The summed E-state index contributed by atoms with van der Waals surface area (Å²) in [7, 11) is -0.623. The third-order valence-electron chi connectivity index (χ3n) is 5.13. The summed E-state index contributed by atoms with van der Waals surface area (Å²) in [6.07, 6.45) is 4.19. The van der Waals surface area contributed by atoms with Crippen LogP contribution in [0.5, 0.6) is 0 Å². The second-order valence-electron chi connectivity index (χ2n) is 7.27. The van der Waals surface area contributed by atoms with E-state index in [2.05, 4.69) is 20.8 Å². The van der Waals surface area contributed by atoms with Crippen LogP contribution in [0.2, 0.25) is 0 Å². The average molecular weight is 438 g/mol. The summed E-state index contributed by atoms with van der Waals surface area (Å²) in [5.74, 6) is -1.29. The van der Waals surface area contributed by atoms with E-state index < -0.39 is 21.8 Å². The lowest BCUT2D eigenvalue weighted by Crippen LogP contribution is -2.43. The fraction of sp³-hybridized carbons (Fsp3) is 0.556. The topological polar surface area (TPSA) is 131 Å². The molecule has 1 aliphatic heterocycles. The normalized spacial score (nSPS) is 17.7. The predicted molar refractivity (Wildman–Crippen MR) is 109 cm³/mol. The minimum absolute atomic E-state index is 0.0699. The molecule has 164 valence electrons. The molecule has 0 aliphatic carbocycles. The first-order valence-electron chi connectivity index (χ1n) is 9.78. The maximum absolute atomic E-state index is 13.1. The fourth-order valence-electron chi connectivity index (χ4n) is 3.53. The number of hydrogen-bond acceptors (Lipinski definition) is 6. The van der Waals surface area contributed by atoms with Gasteiger partial charge >= 0.3 is 0 Å². The van der Waals surface area contributed by atoms with Crippen LogP contribution >= 0.6 is 0 Å². The third kappa shape index (κ3) is 4.24. The summed E-state index contributed by atoms with van der Waals surface area (Å²) in [6, 6.07) is 0. The van der Waals surface area contributed by atoms with Gasteiger partial charge in [0.1, 0.15) is 4.90 Å². The Bertz CT molecular complexity index is 1060. The van der Waals surface area contributed by atoms with E-state index in [1.54, 1.807) is 24.9 Å². The van der Waals surface area contributed by atoms with Crippen LogP contribution in [-0.4, -0.2) is 64.2 Å². The molecule has 0 saturated carbocycles. The number of hydrogen-bond donors (Lipinski definition) is 2. The zero-order chi connectivity index (χ0) is 22.1. The average Bonchev–Trinajstić information content (AvgIpc) is 3.29. The van der Waals surface area contributed by atoms with Crippen LogP contribution in [0.25, 0.3) is 0 Å². The van der Waals surface area contributed by atoms with Crippen LogP contribution in [0.3, 0.4) is 0 Å². The first kappa shape index (κ1) is 22.0. The Kier molecular flexibility index (Phi) is 6.27. The molecule has 1 aliphatic rings. The molecule has 30 heavy (non-hydrogen) atoms. The van der Waals surface area contributed by atoms with Crippen LogP contribution in [0.4, 0.5) is 5.69 Å². The highest BCUT2D eigenvalue weighted by Gasteiger charge is 2.35. The van der Waals surface area contributed by atoms with Crippen LogP contribution in [0.1, 0.15) is 35.9 Å². The van der Waals surface area contributed by atoms with Gasteiger partial charge < -0.3 is 10.6 Å². The molecule has 0 radical (unpaired) electrons. The first-order valence-corrected chi connectivity index (χ1v) is 11.2. The number of rotatable bonds is 6. The Hall–Kier alpha value is -2.73. The summed E-state index contributed by atoms with van der Waals surface area (Å²) in [5, 5.41) is 13.5. The van der Waals surface area contributed by atoms with Crippen LogP contribution in [-0.2, 0) is 28.4 Å². The molecule has 3 rings (SSSR count). The predicted octanol–water partition coefficient (Wildman–Crippen LogP) is 0.344. The van der Waals surface area contributed by atoms with Gasteiger partial charge in [-0.3, -0.25) is 19.0 Å². The number of carbonyl (C=O) groups excluding carboxylic acids is 2. The van der Waals surface area contributed by atoms with E-state index in [4.69, 9.17) is 0 Å². The van der Waals surface area contributed by atoms with Gasteiger partial charge in [0.2, 0.25) is 15.9 Å². The van der Waals surface area contributed by atoms with Crippen molar-refractivity contribution in [2.75, 3.05) is 25.5 Å². The molecule has 2 amide bonds. The Morgan fingerprint density at radius 2 is 2.00 bits per heavy atom. The summed E-state index contributed by atoms with van der Waals surface area (Å²) in [5.41, 5.74) is 0.840. The molecule has 2 N–H and O–H groups in total. The molecule has 1 atom stereocenters. The number of sulfonamides is 1. The molecule has 1 fully saturated rings. The van der Waals surface area contributed by atoms with Crippen LogP contribution < -0.4 is 10.6 Å². The van der Waals surface area contributed by atoms with E-state index >= 15 is 0 Å². The lowest BCUT2D eigenvalue weighted by molar-refractivity contribution is -0.120. The highest BCUT2D eigenvalue weighted by molar-refractivity contribution is 7.89. The molecule has 1 unspecified atom stereocenters. The number of piperidine rings is 1. The SMILES string of the molecule is CCn1cc(S(=O)(=O)N2CCCC(C(=O)Nc3cn(C)nc3C(=O)NC)C2)c(C)n1. The Balaban J connectivity index is 1.77. The van der Waals surface area contributed by atoms with Gasteiger partial charge in [-0.15, -0.1) is 0 Å². The molecular formula is C18H27N7O4S. The second kappa shape index (κ2) is 8.56. The standard InChI is InChI=1S/C18H27N7O4S/c1-5-24-11-15(12(2)21-24)30(28,29)25-8-6-7-13(9-25)17(26)20-14-10-23(4)22-16(14)18(27)19-3/h10-11,13H,5-9H2,1-4H3,(H,19,27)(H,20,26). The molecule has 1 saturated heterocycles. The summed E-state index contributed by atoms with van der Waals surface area (Å²) in [6.45, 7) is 4.53. The van der Waals surface area contributed by atoms with Crippen molar-refractivity contribution in [3.8, 4) is 0 Å². The lowest BCUT2D eigenvalue weighted by atomic mass is 9.99. The smallest absolute Gasteiger partial charge is 0.273 e. The van der Waals surface area contributed by atoms with Gasteiger partial charge in [0.05, 0.1) is 17.3 Å². The molecule has 2 aromatic rings. The molecule has 0 bridgehead atoms. The van der Waals surface area contributed by atoms with Gasteiger partial charge in [0.25, 0.3) is 5.91 Å². The van der Waals surface area contributed by atoms with Gasteiger partial charge in [-0.05, 0) is 26.7 Å². The highest BCUT2D eigenvalue weighted by Crippen LogP contribution is 2.26. The van der Waals surface area contributed by atoms with Crippen molar-refractivity contribution in [2.24, 2.45) is 13.0 Å². The van der Waals surface area contributed by atoms with Crippen molar-refractivity contribution in [2.45, 2.75) is 38.1 Å². The number of nitrogens with zero attached hydrogens (tertiary/aromatic N) is 5. The van der Waals surface area contributed by atoms with Crippen molar-refractivity contribution >= 4 is 27.5 Å². The number of aromatic nitrogens is 4. The Labute approximate surface area is 175 Å². The van der Waals surface area contributed by atoms with Gasteiger partial charge in [-0.25, -0.2) is 8.42 Å². The van der Waals surface area contributed by atoms with Gasteiger partial charge in [0, 0.05) is 46.1 Å². The maximum Gasteiger partial charge on any atom is 0.273 e. The second-order valence-corrected chi connectivity index (χ2v) is 9.18. The summed E-state index contributed by atoms with van der Waals surface area (Å²) in [4.78, 5) is 25.0. The molecule has 12 heteroatoms. The first-order chi connectivity index (χ1) is 14.2. The zero-order valence-electron chi connectivity index (χ0n) is 17.5. The number of amides is 2. The van der Waals surface area contributed by atoms with E-state index in [9.17, 15) is 18.0 Å². The number of carbonyl (C=O) groups is 2. The van der Waals surface area contributed by atoms with Crippen molar-refractivity contribution < 1.29 is 18.0 Å². The maximum atomic E-state index is 13.1. The molecule has 11 nitrogen and oxygen atoms in total. The van der Waals surface area contributed by atoms with Crippen molar-refractivity contribution in [1.29, 1.82) is 0 Å². The molecule has 2 aromatic heterocycles.